The number of carbonyl (C=O) groups excluding carboxylic acids is 2. The van der Waals surface area contributed by atoms with Crippen LogP contribution in [0, 0.1) is 0 Å². The lowest BCUT2D eigenvalue weighted by atomic mass is 10.2. The molecule has 1 aromatic carbocycles. The van der Waals surface area contributed by atoms with E-state index in [0.29, 0.717) is 53.1 Å². The summed E-state index contributed by atoms with van der Waals surface area (Å²) < 4.78 is 6.90. The number of ether oxygens (including phenoxy) is 1. The molecule has 1 fully saturated rings. The molecule has 0 spiro atoms. The standard InChI is InChI=1S/C22H26ClN7O3/c1-33-17-6-5-15(23)14-16(17)25-21(31)10-9-20-27-26-19-8-7-18(28-30(19)20)24-11-3-13-29-12-2-4-22(29)32/h5-8,14H,2-4,9-13H2,1H3,(H,24,28)(H,25,31). The van der Waals surface area contributed by atoms with Crippen molar-refractivity contribution < 1.29 is 14.3 Å². The van der Waals surface area contributed by atoms with Crippen LogP contribution in [-0.4, -0.2) is 63.3 Å². The molecule has 0 radical (unpaired) electrons. The molecule has 0 unspecified atom stereocenters. The molecule has 2 N–H and O–H groups in total. The third-order valence-corrected chi connectivity index (χ3v) is 5.66. The summed E-state index contributed by atoms with van der Waals surface area (Å²) >= 11 is 6.02. The predicted molar refractivity (Wildman–Crippen MR) is 125 cm³/mol. The van der Waals surface area contributed by atoms with Crippen LogP contribution in [-0.2, 0) is 16.0 Å². The van der Waals surface area contributed by atoms with Crippen molar-refractivity contribution in [3.8, 4) is 5.75 Å². The Labute approximate surface area is 196 Å². The molecular formula is C22H26ClN7O3. The van der Waals surface area contributed by atoms with E-state index >= 15 is 0 Å². The number of carbonyl (C=O) groups is 2. The molecule has 4 rings (SSSR count). The van der Waals surface area contributed by atoms with Crippen molar-refractivity contribution in [3.63, 3.8) is 0 Å². The number of nitrogens with zero attached hydrogens (tertiary/aromatic N) is 5. The molecule has 0 saturated carbocycles. The fraction of sp³-hybridized carbons (Fsp3) is 0.409. The normalized spacial score (nSPS) is 13.5. The van der Waals surface area contributed by atoms with Crippen LogP contribution in [0.1, 0.15) is 31.5 Å². The van der Waals surface area contributed by atoms with Gasteiger partial charge in [-0.2, -0.15) is 4.52 Å². The Kier molecular flexibility index (Phi) is 7.23. The molecule has 2 amide bonds. The number of aryl methyl sites for hydroxylation is 1. The highest BCUT2D eigenvalue weighted by Crippen LogP contribution is 2.27. The van der Waals surface area contributed by atoms with Gasteiger partial charge >= 0.3 is 0 Å². The molecule has 10 nitrogen and oxygen atoms in total. The third-order valence-electron chi connectivity index (χ3n) is 5.42. The van der Waals surface area contributed by atoms with Gasteiger partial charge in [-0.15, -0.1) is 15.3 Å². The summed E-state index contributed by atoms with van der Waals surface area (Å²) in [4.78, 5) is 26.1. The quantitative estimate of drug-likeness (QED) is 0.437. The molecule has 1 saturated heterocycles. The van der Waals surface area contributed by atoms with E-state index in [9.17, 15) is 9.59 Å². The summed E-state index contributed by atoms with van der Waals surface area (Å²) in [5, 5.41) is 19.5. The molecule has 11 heteroatoms. The number of halogens is 1. The Morgan fingerprint density at radius 3 is 2.91 bits per heavy atom. The number of fused-ring (bicyclic) bond motifs is 1. The average molecular weight is 472 g/mol. The van der Waals surface area contributed by atoms with E-state index in [2.05, 4.69) is 25.9 Å². The molecule has 0 aliphatic carbocycles. The van der Waals surface area contributed by atoms with E-state index in [4.69, 9.17) is 16.3 Å². The maximum absolute atomic E-state index is 12.5. The van der Waals surface area contributed by atoms with Gasteiger partial charge in [0.1, 0.15) is 11.6 Å². The third kappa shape index (κ3) is 5.70. The number of nitrogens with one attached hydrogen (secondary N) is 2. The van der Waals surface area contributed by atoms with E-state index in [1.165, 1.54) is 7.11 Å². The Morgan fingerprint density at radius 2 is 2.12 bits per heavy atom. The zero-order chi connectivity index (χ0) is 23.2. The van der Waals surface area contributed by atoms with Crippen molar-refractivity contribution in [2.75, 3.05) is 37.4 Å². The summed E-state index contributed by atoms with van der Waals surface area (Å²) in [6.07, 6.45) is 3.01. The average Bonchev–Trinajstić information content (AvgIpc) is 3.41. The van der Waals surface area contributed by atoms with E-state index in [1.54, 1.807) is 22.7 Å². The van der Waals surface area contributed by atoms with Gasteiger partial charge in [0.05, 0.1) is 12.8 Å². The Balaban J connectivity index is 1.32. The van der Waals surface area contributed by atoms with Gasteiger partial charge in [0, 0.05) is 43.9 Å². The lowest BCUT2D eigenvalue weighted by Gasteiger charge is -2.15. The van der Waals surface area contributed by atoms with Gasteiger partial charge in [-0.3, -0.25) is 9.59 Å². The zero-order valence-corrected chi connectivity index (χ0v) is 19.1. The molecule has 1 aliphatic heterocycles. The Morgan fingerprint density at radius 1 is 1.24 bits per heavy atom. The van der Waals surface area contributed by atoms with Gasteiger partial charge < -0.3 is 20.3 Å². The van der Waals surface area contributed by atoms with Gasteiger partial charge in [0.25, 0.3) is 0 Å². The fourth-order valence-electron chi connectivity index (χ4n) is 3.73. The van der Waals surface area contributed by atoms with Crippen molar-refractivity contribution in [3.05, 3.63) is 41.2 Å². The largest absolute Gasteiger partial charge is 0.495 e. The van der Waals surface area contributed by atoms with E-state index in [0.717, 1.165) is 25.9 Å². The van der Waals surface area contributed by atoms with Crippen LogP contribution in [0.5, 0.6) is 5.75 Å². The van der Waals surface area contributed by atoms with Crippen molar-refractivity contribution >= 4 is 40.6 Å². The number of methoxy groups -OCH3 is 1. The van der Waals surface area contributed by atoms with Crippen LogP contribution in [0.2, 0.25) is 5.02 Å². The molecule has 3 heterocycles. The topological polar surface area (TPSA) is 114 Å². The highest BCUT2D eigenvalue weighted by Gasteiger charge is 2.19. The second-order valence-electron chi connectivity index (χ2n) is 7.76. The van der Waals surface area contributed by atoms with E-state index in [1.807, 2.05) is 17.0 Å². The van der Waals surface area contributed by atoms with Gasteiger partial charge in [0.2, 0.25) is 11.8 Å². The summed E-state index contributed by atoms with van der Waals surface area (Å²) in [5.41, 5.74) is 1.12. The van der Waals surface area contributed by atoms with Crippen LogP contribution in [0.25, 0.3) is 5.65 Å². The van der Waals surface area contributed by atoms with Gasteiger partial charge in [0.15, 0.2) is 11.5 Å². The number of hydrogen-bond donors (Lipinski definition) is 2. The zero-order valence-electron chi connectivity index (χ0n) is 18.4. The van der Waals surface area contributed by atoms with Gasteiger partial charge in [-0.25, -0.2) is 0 Å². The predicted octanol–water partition coefficient (Wildman–Crippen LogP) is 2.78. The SMILES string of the molecule is COc1ccc(Cl)cc1NC(=O)CCc1nnc2ccc(NCCCN3CCCC3=O)nn12. The highest BCUT2D eigenvalue weighted by atomic mass is 35.5. The minimum Gasteiger partial charge on any atom is -0.495 e. The number of aromatic nitrogens is 4. The van der Waals surface area contributed by atoms with Crippen molar-refractivity contribution in [2.24, 2.45) is 0 Å². The highest BCUT2D eigenvalue weighted by molar-refractivity contribution is 6.31. The number of hydrogen-bond acceptors (Lipinski definition) is 7. The molecule has 174 valence electrons. The fourth-order valence-corrected chi connectivity index (χ4v) is 3.90. The first-order valence-corrected chi connectivity index (χ1v) is 11.3. The number of anilines is 2. The van der Waals surface area contributed by atoms with Crippen molar-refractivity contribution in [1.29, 1.82) is 0 Å². The van der Waals surface area contributed by atoms with Crippen molar-refractivity contribution in [2.45, 2.75) is 32.1 Å². The van der Waals surface area contributed by atoms with Crippen LogP contribution in [0.4, 0.5) is 11.5 Å². The second-order valence-corrected chi connectivity index (χ2v) is 8.20. The first-order chi connectivity index (χ1) is 16.0. The number of amides is 2. The van der Waals surface area contributed by atoms with E-state index in [-0.39, 0.29) is 18.2 Å². The smallest absolute Gasteiger partial charge is 0.224 e. The minimum absolute atomic E-state index is 0.194. The summed E-state index contributed by atoms with van der Waals surface area (Å²) in [6, 6.07) is 8.70. The first-order valence-electron chi connectivity index (χ1n) is 10.9. The van der Waals surface area contributed by atoms with Crippen LogP contribution in [0.3, 0.4) is 0 Å². The molecule has 3 aromatic rings. The lowest BCUT2D eigenvalue weighted by molar-refractivity contribution is -0.127. The summed E-state index contributed by atoms with van der Waals surface area (Å²) in [5.74, 6) is 1.85. The molecule has 33 heavy (non-hydrogen) atoms. The maximum Gasteiger partial charge on any atom is 0.224 e. The van der Waals surface area contributed by atoms with Gasteiger partial charge in [-0.05, 0) is 43.2 Å². The molecular weight excluding hydrogens is 446 g/mol. The maximum atomic E-state index is 12.5. The van der Waals surface area contributed by atoms with Gasteiger partial charge in [-0.1, -0.05) is 11.6 Å². The summed E-state index contributed by atoms with van der Waals surface area (Å²) in [7, 11) is 1.53. The van der Waals surface area contributed by atoms with E-state index < -0.39 is 0 Å². The summed E-state index contributed by atoms with van der Waals surface area (Å²) in [6.45, 7) is 2.30. The number of rotatable bonds is 10. The number of benzene rings is 1. The van der Waals surface area contributed by atoms with Crippen LogP contribution >= 0.6 is 11.6 Å². The molecule has 0 bridgehead atoms. The molecule has 2 aromatic heterocycles. The molecule has 1 aliphatic rings. The Hall–Kier alpha value is -3.40. The number of likely N-dealkylation sites (tertiary alicyclic amines) is 1. The Bertz CT molecular complexity index is 1150. The van der Waals surface area contributed by atoms with Crippen LogP contribution in [0.15, 0.2) is 30.3 Å². The first kappa shape index (κ1) is 22.8. The second kappa shape index (κ2) is 10.5. The van der Waals surface area contributed by atoms with Crippen molar-refractivity contribution in [1.82, 2.24) is 24.7 Å². The monoisotopic (exact) mass is 471 g/mol. The minimum atomic E-state index is -0.196. The molecule has 0 atom stereocenters. The lowest BCUT2D eigenvalue weighted by Crippen LogP contribution is -2.27. The van der Waals surface area contributed by atoms with Crippen LogP contribution < -0.4 is 15.4 Å².